The predicted molar refractivity (Wildman–Crippen MR) is 64.1 cm³/mol. The highest BCUT2D eigenvalue weighted by Gasteiger charge is 2.26. The molecule has 2 unspecified atom stereocenters. The predicted octanol–water partition coefficient (Wildman–Crippen LogP) is 1.52. The van der Waals surface area contributed by atoms with Gasteiger partial charge in [-0.15, -0.1) is 0 Å². The van der Waals surface area contributed by atoms with Crippen LogP contribution in [0.15, 0.2) is 28.9 Å². The number of piperidine rings is 1. The van der Waals surface area contributed by atoms with E-state index in [-0.39, 0.29) is 11.8 Å². The summed E-state index contributed by atoms with van der Waals surface area (Å²) in [4.78, 5) is 13.5. The van der Waals surface area contributed by atoms with Crippen molar-refractivity contribution in [2.24, 2.45) is 5.92 Å². The number of hydrogen-bond acceptors (Lipinski definition) is 3. The molecular weight excluding hydrogens is 218 g/mol. The van der Waals surface area contributed by atoms with Crippen LogP contribution < -0.4 is 0 Å². The summed E-state index contributed by atoms with van der Waals surface area (Å²) in [6.07, 6.45) is 5.14. The van der Waals surface area contributed by atoms with Gasteiger partial charge < -0.3 is 14.4 Å². The number of aliphatic hydroxyl groups excluding tert-OH is 1. The van der Waals surface area contributed by atoms with Gasteiger partial charge in [-0.3, -0.25) is 4.79 Å². The Balaban J connectivity index is 1.92. The van der Waals surface area contributed by atoms with E-state index < -0.39 is 6.10 Å². The van der Waals surface area contributed by atoms with Gasteiger partial charge in [0.1, 0.15) is 5.76 Å². The van der Waals surface area contributed by atoms with Crippen molar-refractivity contribution < 1.29 is 14.3 Å². The summed E-state index contributed by atoms with van der Waals surface area (Å²) in [5.74, 6) is 0.852. The molecule has 4 nitrogen and oxygen atoms in total. The topological polar surface area (TPSA) is 53.7 Å². The lowest BCUT2D eigenvalue weighted by atomic mass is 9.96. The minimum Gasteiger partial charge on any atom is -0.465 e. The number of β-amino-alcohol motifs (C(OH)–C–C–N with tert-alkyl or cyclic N) is 1. The minimum absolute atomic E-state index is 0.0765. The van der Waals surface area contributed by atoms with E-state index in [0.717, 1.165) is 6.42 Å². The van der Waals surface area contributed by atoms with Gasteiger partial charge in [-0.05, 0) is 30.5 Å². The molecule has 92 valence electrons. The third kappa shape index (κ3) is 2.97. The second-order valence-electron chi connectivity index (χ2n) is 4.47. The molecule has 1 fully saturated rings. The zero-order valence-electron chi connectivity index (χ0n) is 9.87. The van der Waals surface area contributed by atoms with Gasteiger partial charge in [-0.2, -0.15) is 0 Å². The highest BCUT2D eigenvalue weighted by Crippen LogP contribution is 2.17. The van der Waals surface area contributed by atoms with Crippen LogP contribution in [0.1, 0.15) is 19.1 Å². The van der Waals surface area contributed by atoms with Crippen molar-refractivity contribution in [3.8, 4) is 0 Å². The number of furan rings is 1. The lowest BCUT2D eigenvalue weighted by Gasteiger charge is -2.33. The first-order valence-electron chi connectivity index (χ1n) is 5.85. The first kappa shape index (κ1) is 11.9. The van der Waals surface area contributed by atoms with Crippen LogP contribution >= 0.6 is 0 Å². The van der Waals surface area contributed by atoms with E-state index in [4.69, 9.17) is 4.42 Å². The van der Waals surface area contributed by atoms with Crippen LogP contribution in [0.5, 0.6) is 0 Å². The molecule has 0 spiro atoms. The Hall–Kier alpha value is -1.55. The fraction of sp³-hybridized carbons (Fsp3) is 0.462. The summed E-state index contributed by atoms with van der Waals surface area (Å²) in [5.41, 5.74) is 0. The standard InChI is InChI=1S/C13H17NO3/c1-10-6-7-14(9-12(10)15)13(16)5-4-11-3-2-8-17-11/h2-5,8,10,12,15H,6-7,9H2,1H3/b5-4+. The fourth-order valence-corrected chi connectivity index (χ4v) is 1.89. The Bertz CT molecular complexity index is 397. The van der Waals surface area contributed by atoms with Gasteiger partial charge in [0.05, 0.1) is 12.4 Å². The van der Waals surface area contributed by atoms with Gasteiger partial charge in [0.2, 0.25) is 5.91 Å². The number of carbonyl (C=O) groups excluding carboxylic acids is 1. The molecule has 1 aromatic rings. The van der Waals surface area contributed by atoms with Gasteiger partial charge in [0, 0.05) is 19.2 Å². The molecule has 2 rings (SSSR count). The van der Waals surface area contributed by atoms with E-state index >= 15 is 0 Å². The summed E-state index contributed by atoms with van der Waals surface area (Å²) >= 11 is 0. The van der Waals surface area contributed by atoms with Crippen LogP contribution in [0.4, 0.5) is 0 Å². The Morgan fingerprint density at radius 3 is 3.12 bits per heavy atom. The Kier molecular flexibility index (Phi) is 3.64. The second-order valence-corrected chi connectivity index (χ2v) is 4.47. The maximum Gasteiger partial charge on any atom is 0.246 e. The van der Waals surface area contributed by atoms with E-state index in [1.807, 2.05) is 6.92 Å². The number of nitrogens with zero attached hydrogens (tertiary/aromatic N) is 1. The molecule has 17 heavy (non-hydrogen) atoms. The highest BCUT2D eigenvalue weighted by atomic mass is 16.3. The molecule has 0 radical (unpaired) electrons. The summed E-state index contributed by atoms with van der Waals surface area (Å²) in [6.45, 7) is 3.13. The Labute approximate surface area is 101 Å². The second kappa shape index (κ2) is 5.19. The lowest BCUT2D eigenvalue weighted by molar-refractivity contribution is -0.130. The van der Waals surface area contributed by atoms with Crippen LogP contribution in [-0.4, -0.2) is 35.1 Å². The third-order valence-corrected chi connectivity index (χ3v) is 3.16. The van der Waals surface area contributed by atoms with Crippen molar-refractivity contribution in [3.63, 3.8) is 0 Å². The smallest absolute Gasteiger partial charge is 0.246 e. The quantitative estimate of drug-likeness (QED) is 0.791. The number of aliphatic hydroxyl groups is 1. The summed E-state index contributed by atoms with van der Waals surface area (Å²) in [5, 5.41) is 9.71. The minimum atomic E-state index is -0.412. The molecule has 0 bridgehead atoms. The van der Waals surface area contributed by atoms with Crippen molar-refractivity contribution in [2.75, 3.05) is 13.1 Å². The average molecular weight is 235 g/mol. The van der Waals surface area contributed by atoms with Crippen LogP contribution in [0.25, 0.3) is 6.08 Å². The van der Waals surface area contributed by atoms with Gasteiger partial charge in [-0.1, -0.05) is 6.92 Å². The molecule has 0 aromatic carbocycles. The molecule has 1 saturated heterocycles. The van der Waals surface area contributed by atoms with E-state index in [9.17, 15) is 9.90 Å². The number of likely N-dealkylation sites (tertiary alicyclic amines) is 1. The van der Waals surface area contributed by atoms with Crippen molar-refractivity contribution >= 4 is 12.0 Å². The molecule has 2 heterocycles. The Morgan fingerprint density at radius 1 is 1.65 bits per heavy atom. The zero-order chi connectivity index (χ0) is 12.3. The maximum atomic E-state index is 11.8. The third-order valence-electron chi connectivity index (χ3n) is 3.16. The van der Waals surface area contributed by atoms with Crippen molar-refractivity contribution in [3.05, 3.63) is 30.2 Å². The molecule has 1 aromatic heterocycles. The zero-order valence-corrected chi connectivity index (χ0v) is 9.87. The molecule has 4 heteroatoms. The summed E-state index contributed by atoms with van der Waals surface area (Å²) in [7, 11) is 0. The molecule has 1 N–H and O–H groups in total. The Morgan fingerprint density at radius 2 is 2.47 bits per heavy atom. The molecule has 1 aliphatic heterocycles. The normalized spacial score (nSPS) is 25.4. The van der Waals surface area contributed by atoms with E-state index in [0.29, 0.717) is 18.8 Å². The molecular formula is C13H17NO3. The van der Waals surface area contributed by atoms with E-state index in [1.54, 1.807) is 29.4 Å². The van der Waals surface area contributed by atoms with Gasteiger partial charge in [0.15, 0.2) is 0 Å². The molecule has 2 atom stereocenters. The molecule has 1 amide bonds. The molecule has 0 aliphatic carbocycles. The van der Waals surface area contributed by atoms with E-state index in [2.05, 4.69) is 0 Å². The monoisotopic (exact) mass is 235 g/mol. The first-order chi connectivity index (χ1) is 8.16. The number of hydrogen-bond donors (Lipinski definition) is 1. The largest absolute Gasteiger partial charge is 0.465 e. The van der Waals surface area contributed by atoms with Crippen molar-refractivity contribution in [1.82, 2.24) is 4.90 Å². The highest BCUT2D eigenvalue weighted by molar-refractivity contribution is 5.91. The van der Waals surface area contributed by atoms with E-state index in [1.165, 1.54) is 6.08 Å². The van der Waals surface area contributed by atoms with Crippen molar-refractivity contribution in [2.45, 2.75) is 19.4 Å². The van der Waals surface area contributed by atoms with Crippen molar-refractivity contribution in [1.29, 1.82) is 0 Å². The number of amides is 1. The lowest BCUT2D eigenvalue weighted by Crippen LogP contribution is -2.45. The molecule has 0 saturated carbocycles. The van der Waals surface area contributed by atoms with Gasteiger partial charge in [-0.25, -0.2) is 0 Å². The van der Waals surface area contributed by atoms with Crippen LogP contribution in [0.2, 0.25) is 0 Å². The fourth-order valence-electron chi connectivity index (χ4n) is 1.89. The average Bonchev–Trinajstić information content (AvgIpc) is 2.82. The van der Waals surface area contributed by atoms with Crippen LogP contribution in [-0.2, 0) is 4.79 Å². The van der Waals surface area contributed by atoms with Gasteiger partial charge in [0.25, 0.3) is 0 Å². The molecule has 1 aliphatic rings. The van der Waals surface area contributed by atoms with Crippen LogP contribution in [0, 0.1) is 5.92 Å². The van der Waals surface area contributed by atoms with Crippen LogP contribution in [0.3, 0.4) is 0 Å². The summed E-state index contributed by atoms with van der Waals surface area (Å²) in [6, 6.07) is 3.56. The summed E-state index contributed by atoms with van der Waals surface area (Å²) < 4.78 is 5.10. The number of rotatable bonds is 2. The maximum absolute atomic E-state index is 11.8. The van der Waals surface area contributed by atoms with Gasteiger partial charge >= 0.3 is 0 Å². The number of carbonyl (C=O) groups is 1. The first-order valence-corrected chi connectivity index (χ1v) is 5.85. The SMILES string of the molecule is CC1CCN(C(=O)/C=C/c2ccco2)CC1O.